The van der Waals surface area contributed by atoms with Gasteiger partial charge in [0.2, 0.25) is 5.91 Å². The number of rotatable bonds is 5. The molecule has 5 rings (SSSR count). The van der Waals surface area contributed by atoms with Gasteiger partial charge in [0.1, 0.15) is 5.69 Å². The summed E-state index contributed by atoms with van der Waals surface area (Å²) in [5, 5.41) is 13.5. The SMILES string of the molecule is C/C=C\c1ccc2n(c1=O)C[C@@H]1[C@@H](CO)[C@H](C(=O)NC3CCC3)[C@H]2N1C(=O)c1ccccn1. The van der Waals surface area contributed by atoms with Crippen molar-refractivity contribution in [2.75, 3.05) is 6.61 Å². The highest BCUT2D eigenvalue weighted by Gasteiger charge is 2.57. The van der Waals surface area contributed by atoms with E-state index in [1.54, 1.807) is 46.0 Å². The van der Waals surface area contributed by atoms with Crippen molar-refractivity contribution in [3.8, 4) is 0 Å². The third-order valence-corrected chi connectivity index (χ3v) is 7.29. The molecule has 0 aromatic carbocycles. The second-order valence-corrected chi connectivity index (χ2v) is 9.08. The lowest BCUT2D eigenvalue weighted by Crippen LogP contribution is -2.49. The predicted octanol–water partition coefficient (Wildman–Crippen LogP) is 1.75. The van der Waals surface area contributed by atoms with Gasteiger partial charge in [-0.3, -0.25) is 19.4 Å². The number of hydrogen-bond acceptors (Lipinski definition) is 5. The topological polar surface area (TPSA) is 105 Å². The van der Waals surface area contributed by atoms with E-state index in [1.807, 2.05) is 19.1 Å². The lowest BCUT2D eigenvalue weighted by molar-refractivity contribution is -0.128. The standard InChI is InChI=1S/C25H28N4O4/c1-2-6-15-10-11-19-22-21(23(31)27-16-7-5-8-16)17(14-30)20(13-28(19)24(15)32)29(22)25(33)18-9-3-4-12-26-18/h2-4,6,9-12,16-17,20-22,30H,5,7-8,13-14H2,1H3,(H,27,31)/b6-2-/t17-,20-,21+,22+/m1/s1. The Morgan fingerprint density at radius 1 is 1.24 bits per heavy atom. The average Bonchev–Trinajstić information content (AvgIpc) is 3.05. The van der Waals surface area contributed by atoms with E-state index in [-0.39, 0.29) is 42.3 Å². The molecule has 4 heterocycles. The van der Waals surface area contributed by atoms with Crippen LogP contribution in [-0.4, -0.2) is 50.1 Å². The molecule has 2 N–H and O–H groups in total. The van der Waals surface area contributed by atoms with Gasteiger partial charge in [0.15, 0.2) is 0 Å². The number of hydrogen-bond donors (Lipinski definition) is 2. The van der Waals surface area contributed by atoms with Crippen LogP contribution in [0.3, 0.4) is 0 Å². The summed E-state index contributed by atoms with van der Waals surface area (Å²) in [6.45, 7) is 1.83. The van der Waals surface area contributed by atoms with Crippen LogP contribution in [0.5, 0.6) is 0 Å². The second kappa shape index (κ2) is 8.59. The molecule has 8 heteroatoms. The molecule has 4 atom stereocenters. The Balaban J connectivity index is 1.62. The molecule has 2 aromatic rings. The van der Waals surface area contributed by atoms with Crippen LogP contribution < -0.4 is 10.9 Å². The number of carbonyl (C=O) groups is 2. The number of aliphatic hydroxyl groups is 1. The van der Waals surface area contributed by atoms with Crippen molar-refractivity contribution >= 4 is 17.9 Å². The molecular weight excluding hydrogens is 420 g/mol. The highest BCUT2D eigenvalue weighted by Crippen LogP contribution is 2.49. The third kappa shape index (κ3) is 3.49. The van der Waals surface area contributed by atoms with Crippen LogP contribution in [-0.2, 0) is 11.3 Å². The van der Waals surface area contributed by atoms with Gasteiger partial charge in [-0.2, -0.15) is 0 Å². The van der Waals surface area contributed by atoms with Gasteiger partial charge in [0.05, 0.1) is 18.0 Å². The quantitative estimate of drug-likeness (QED) is 0.725. The number of aliphatic hydroxyl groups excluding tert-OH is 1. The molecule has 2 aromatic heterocycles. The van der Waals surface area contributed by atoms with Crippen LogP contribution in [0.25, 0.3) is 6.08 Å². The number of amides is 2. The summed E-state index contributed by atoms with van der Waals surface area (Å²) in [5.41, 5.74) is 1.31. The van der Waals surface area contributed by atoms with Gasteiger partial charge in [-0.1, -0.05) is 18.2 Å². The zero-order valence-corrected chi connectivity index (χ0v) is 18.6. The molecule has 2 amide bonds. The molecule has 0 radical (unpaired) electrons. The Bertz CT molecular complexity index is 1150. The van der Waals surface area contributed by atoms with E-state index in [9.17, 15) is 19.5 Å². The zero-order chi connectivity index (χ0) is 23.1. The number of nitrogens with one attached hydrogen (secondary N) is 1. The summed E-state index contributed by atoms with van der Waals surface area (Å²) in [6.07, 6.45) is 8.09. The van der Waals surface area contributed by atoms with Crippen molar-refractivity contribution in [1.82, 2.24) is 19.8 Å². The van der Waals surface area contributed by atoms with E-state index in [1.165, 1.54) is 0 Å². The summed E-state index contributed by atoms with van der Waals surface area (Å²) in [5.74, 6) is -1.58. The van der Waals surface area contributed by atoms with Crippen molar-refractivity contribution in [1.29, 1.82) is 0 Å². The maximum atomic E-state index is 13.6. The average molecular weight is 449 g/mol. The van der Waals surface area contributed by atoms with Crippen LogP contribution in [0.2, 0.25) is 0 Å². The molecule has 172 valence electrons. The molecule has 0 unspecified atom stereocenters. The molecule has 2 aliphatic heterocycles. The minimum absolute atomic E-state index is 0.136. The number of carbonyl (C=O) groups excluding carboxylic acids is 2. The number of allylic oxidation sites excluding steroid dienone is 1. The number of nitrogens with zero attached hydrogens (tertiary/aromatic N) is 3. The number of aromatic nitrogens is 2. The minimum atomic E-state index is -0.650. The van der Waals surface area contributed by atoms with Gasteiger partial charge < -0.3 is 19.9 Å². The fourth-order valence-corrected chi connectivity index (χ4v) is 5.48. The minimum Gasteiger partial charge on any atom is -0.396 e. The maximum Gasteiger partial charge on any atom is 0.273 e. The molecule has 1 aliphatic carbocycles. The van der Waals surface area contributed by atoms with E-state index >= 15 is 0 Å². The molecule has 1 saturated heterocycles. The van der Waals surface area contributed by atoms with Crippen molar-refractivity contribution in [2.24, 2.45) is 11.8 Å². The van der Waals surface area contributed by atoms with Crippen molar-refractivity contribution < 1.29 is 14.7 Å². The first-order chi connectivity index (χ1) is 16.0. The molecule has 33 heavy (non-hydrogen) atoms. The smallest absolute Gasteiger partial charge is 0.273 e. The summed E-state index contributed by atoms with van der Waals surface area (Å²) in [7, 11) is 0. The van der Waals surface area contributed by atoms with Crippen molar-refractivity contribution in [3.05, 3.63) is 69.9 Å². The van der Waals surface area contributed by atoms with Crippen molar-refractivity contribution in [2.45, 2.75) is 50.9 Å². The molecule has 3 aliphatic rings. The Hall–Kier alpha value is -3.26. The first-order valence-corrected chi connectivity index (χ1v) is 11.6. The Morgan fingerprint density at radius 2 is 2.06 bits per heavy atom. The largest absolute Gasteiger partial charge is 0.396 e. The molecule has 0 spiro atoms. The molecule has 2 bridgehead atoms. The van der Waals surface area contributed by atoms with Gasteiger partial charge in [-0.25, -0.2) is 0 Å². The normalized spacial score (nSPS) is 26.2. The van der Waals surface area contributed by atoms with Gasteiger partial charge in [-0.05, 0) is 50.5 Å². The highest BCUT2D eigenvalue weighted by atomic mass is 16.3. The second-order valence-electron chi connectivity index (χ2n) is 9.08. The van der Waals surface area contributed by atoms with Gasteiger partial charge >= 0.3 is 0 Å². The Morgan fingerprint density at radius 3 is 2.70 bits per heavy atom. The summed E-state index contributed by atoms with van der Waals surface area (Å²) in [4.78, 5) is 46.2. The predicted molar refractivity (Wildman–Crippen MR) is 122 cm³/mol. The maximum absolute atomic E-state index is 13.6. The van der Waals surface area contributed by atoms with Gasteiger partial charge in [0, 0.05) is 42.6 Å². The Labute approximate surface area is 191 Å². The highest BCUT2D eigenvalue weighted by molar-refractivity contribution is 5.94. The van der Waals surface area contributed by atoms with Gasteiger partial charge in [-0.15, -0.1) is 0 Å². The summed E-state index contributed by atoms with van der Waals surface area (Å²) >= 11 is 0. The molecule has 1 saturated carbocycles. The molecule has 8 nitrogen and oxygen atoms in total. The monoisotopic (exact) mass is 448 g/mol. The lowest BCUT2D eigenvalue weighted by atomic mass is 9.85. The lowest BCUT2D eigenvalue weighted by Gasteiger charge is -2.38. The van der Waals surface area contributed by atoms with Crippen LogP contribution in [0.1, 0.15) is 54.0 Å². The Kier molecular flexibility index (Phi) is 5.62. The third-order valence-electron chi connectivity index (χ3n) is 7.29. The van der Waals surface area contributed by atoms with E-state index in [0.717, 1.165) is 19.3 Å². The van der Waals surface area contributed by atoms with E-state index < -0.39 is 23.9 Å². The summed E-state index contributed by atoms with van der Waals surface area (Å²) in [6, 6.07) is 7.71. The molecule has 2 fully saturated rings. The van der Waals surface area contributed by atoms with Crippen molar-refractivity contribution in [3.63, 3.8) is 0 Å². The van der Waals surface area contributed by atoms with Crippen LogP contribution in [0.4, 0.5) is 0 Å². The number of pyridine rings is 2. The van der Waals surface area contributed by atoms with Crippen LogP contribution in [0.15, 0.2) is 47.4 Å². The van der Waals surface area contributed by atoms with Gasteiger partial charge in [0.25, 0.3) is 11.5 Å². The van der Waals surface area contributed by atoms with Crippen LogP contribution >= 0.6 is 0 Å². The fraction of sp³-hybridized carbons (Fsp3) is 0.440. The van der Waals surface area contributed by atoms with E-state index in [4.69, 9.17) is 0 Å². The zero-order valence-electron chi connectivity index (χ0n) is 18.6. The van der Waals surface area contributed by atoms with Crippen LogP contribution in [0, 0.1) is 11.8 Å². The summed E-state index contributed by atoms with van der Waals surface area (Å²) < 4.78 is 1.67. The van der Waals surface area contributed by atoms with E-state index in [0.29, 0.717) is 11.3 Å². The first-order valence-electron chi connectivity index (χ1n) is 11.6. The fourth-order valence-electron chi connectivity index (χ4n) is 5.48. The number of fused-ring (bicyclic) bond motifs is 4. The van der Waals surface area contributed by atoms with E-state index in [2.05, 4.69) is 10.3 Å². The molecular formula is C25H28N4O4. The first kappa shape index (κ1) is 21.6.